The number of allylic oxidation sites excluding steroid dienone is 1. The molecular weight excluding hydrogens is 470 g/mol. The molecule has 0 aliphatic heterocycles. The minimum Gasteiger partial charge on any atom is -0.486 e. The van der Waals surface area contributed by atoms with Gasteiger partial charge >= 0.3 is 0 Å². The molecule has 1 unspecified atom stereocenters. The first kappa shape index (κ1) is 28.2. The van der Waals surface area contributed by atoms with E-state index in [2.05, 4.69) is 36.5 Å². The predicted octanol–water partition coefficient (Wildman–Crippen LogP) is 8.43. The van der Waals surface area contributed by atoms with Gasteiger partial charge < -0.3 is 9.47 Å². The van der Waals surface area contributed by atoms with Crippen LogP contribution in [0.4, 0.5) is 8.78 Å². The quantitative estimate of drug-likeness (QED) is 0.153. The normalized spacial score (nSPS) is 12.1. The Morgan fingerprint density at radius 2 is 1.68 bits per heavy atom. The van der Waals surface area contributed by atoms with Gasteiger partial charge in [0.15, 0.2) is 17.4 Å². The van der Waals surface area contributed by atoms with Crippen molar-refractivity contribution in [2.75, 3.05) is 13.2 Å². The first-order valence-corrected chi connectivity index (χ1v) is 13.0. The van der Waals surface area contributed by atoms with Gasteiger partial charge in [-0.05, 0) is 50.3 Å². The molecule has 3 rings (SSSR count). The van der Waals surface area contributed by atoms with Gasteiger partial charge in [0.25, 0.3) is 0 Å². The van der Waals surface area contributed by atoms with Crippen molar-refractivity contribution in [1.82, 2.24) is 9.97 Å². The Balaban J connectivity index is 1.52. The molecule has 37 heavy (non-hydrogen) atoms. The van der Waals surface area contributed by atoms with Gasteiger partial charge in [0, 0.05) is 35.7 Å². The largest absolute Gasteiger partial charge is 0.486 e. The van der Waals surface area contributed by atoms with Crippen LogP contribution in [0.3, 0.4) is 0 Å². The highest BCUT2D eigenvalue weighted by atomic mass is 19.2. The van der Waals surface area contributed by atoms with Gasteiger partial charge in [0.05, 0.1) is 6.10 Å². The van der Waals surface area contributed by atoms with Crippen molar-refractivity contribution in [1.29, 1.82) is 0 Å². The van der Waals surface area contributed by atoms with E-state index < -0.39 is 11.6 Å². The molecule has 0 aliphatic rings. The standard InChI is InChI=1S/C31H36F2N2O2/c1-4-6-10-20-36-23(3)11-8-7-9-12-24-21-34-31(35-22-24)26-15-13-25(14-16-26)27-17-18-28(37-19-5-2)30(33)29(27)32/h5,9,12-18,21-23H,2,4,6-8,10-11,19-20H2,1,3H3. The van der Waals surface area contributed by atoms with E-state index in [-0.39, 0.29) is 17.9 Å². The van der Waals surface area contributed by atoms with Gasteiger partial charge in [-0.3, -0.25) is 0 Å². The summed E-state index contributed by atoms with van der Waals surface area (Å²) in [7, 11) is 0. The van der Waals surface area contributed by atoms with Crippen LogP contribution in [-0.4, -0.2) is 29.3 Å². The first-order chi connectivity index (χ1) is 18.0. The second kappa shape index (κ2) is 15.0. The van der Waals surface area contributed by atoms with Gasteiger partial charge in [-0.25, -0.2) is 14.4 Å². The molecule has 0 aliphatic carbocycles. The molecule has 0 saturated heterocycles. The maximum Gasteiger partial charge on any atom is 0.201 e. The lowest BCUT2D eigenvalue weighted by molar-refractivity contribution is 0.0566. The summed E-state index contributed by atoms with van der Waals surface area (Å²) in [6.45, 7) is 8.80. The Morgan fingerprint density at radius 3 is 2.38 bits per heavy atom. The first-order valence-electron chi connectivity index (χ1n) is 13.0. The summed E-state index contributed by atoms with van der Waals surface area (Å²) < 4.78 is 39.9. The van der Waals surface area contributed by atoms with E-state index >= 15 is 0 Å². The molecule has 3 aromatic rings. The van der Waals surface area contributed by atoms with E-state index in [4.69, 9.17) is 9.47 Å². The molecule has 1 aromatic heterocycles. The van der Waals surface area contributed by atoms with E-state index in [1.54, 1.807) is 36.7 Å². The Hall–Kier alpha value is -3.38. The summed E-state index contributed by atoms with van der Waals surface area (Å²) in [4.78, 5) is 8.92. The number of aromatic nitrogens is 2. The number of benzene rings is 2. The van der Waals surface area contributed by atoms with Gasteiger partial charge in [0.1, 0.15) is 6.61 Å². The predicted molar refractivity (Wildman–Crippen MR) is 146 cm³/mol. The van der Waals surface area contributed by atoms with Crippen molar-refractivity contribution in [3.63, 3.8) is 0 Å². The number of rotatable bonds is 15. The van der Waals surface area contributed by atoms with E-state index in [9.17, 15) is 8.78 Å². The Labute approximate surface area is 219 Å². The van der Waals surface area contributed by atoms with Crippen LogP contribution in [0, 0.1) is 11.6 Å². The molecule has 0 saturated carbocycles. The third-order valence-corrected chi connectivity index (χ3v) is 5.97. The summed E-state index contributed by atoms with van der Waals surface area (Å²) in [5, 5.41) is 0. The molecule has 1 heterocycles. The van der Waals surface area contributed by atoms with E-state index in [1.807, 2.05) is 6.08 Å². The second-order valence-corrected chi connectivity index (χ2v) is 8.98. The van der Waals surface area contributed by atoms with E-state index in [0.717, 1.165) is 43.4 Å². The van der Waals surface area contributed by atoms with Crippen LogP contribution in [0.1, 0.15) is 57.9 Å². The highest BCUT2D eigenvalue weighted by Gasteiger charge is 2.16. The van der Waals surface area contributed by atoms with Crippen molar-refractivity contribution < 1.29 is 18.3 Å². The molecule has 0 fully saturated rings. The zero-order valence-electron chi connectivity index (χ0n) is 21.8. The molecule has 0 radical (unpaired) electrons. The van der Waals surface area contributed by atoms with Crippen LogP contribution in [0.5, 0.6) is 5.75 Å². The lowest BCUT2D eigenvalue weighted by Crippen LogP contribution is -2.08. The smallest absolute Gasteiger partial charge is 0.201 e. The number of ether oxygens (including phenoxy) is 2. The summed E-state index contributed by atoms with van der Waals surface area (Å²) >= 11 is 0. The van der Waals surface area contributed by atoms with E-state index in [1.165, 1.54) is 31.1 Å². The fourth-order valence-electron chi connectivity index (χ4n) is 3.85. The van der Waals surface area contributed by atoms with Gasteiger partial charge in [0.2, 0.25) is 5.82 Å². The Bertz CT molecular complexity index is 1150. The van der Waals surface area contributed by atoms with E-state index in [0.29, 0.717) is 17.5 Å². The van der Waals surface area contributed by atoms with Crippen molar-refractivity contribution in [2.24, 2.45) is 0 Å². The minimum atomic E-state index is -1.01. The van der Waals surface area contributed by atoms with Crippen molar-refractivity contribution in [3.8, 4) is 28.3 Å². The lowest BCUT2D eigenvalue weighted by atomic mass is 10.0. The number of hydrogen-bond acceptors (Lipinski definition) is 4. The third kappa shape index (κ3) is 8.60. The minimum absolute atomic E-state index is 0.104. The molecule has 4 nitrogen and oxygen atoms in total. The lowest BCUT2D eigenvalue weighted by Gasteiger charge is -2.11. The fraction of sp³-hybridized carbons (Fsp3) is 0.355. The monoisotopic (exact) mass is 506 g/mol. The summed E-state index contributed by atoms with van der Waals surface area (Å²) in [5.74, 6) is -1.53. The molecule has 0 amide bonds. The number of halogens is 2. The average molecular weight is 507 g/mol. The Morgan fingerprint density at radius 1 is 0.946 bits per heavy atom. The number of nitrogens with zero attached hydrogens (tertiary/aromatic N) is 2. The SMILES string of the molecule is C=CCOc1ccc(-c2ccc(-c3ncc(C=CCCCC(C)OCCCCC)cn3)cc2)c(F)c1F. The molecule has 0 spiro atoms. The molecule has 0 bridgehead atoms. The van der Waals surface area contributed by atoms with Crippen LogP contribution in [0.15, 0.2) is 67.5 Å². The van der Waals surface area contributed by atoms with Crippen LogP contribution in [-0.2, 0) is 4.74 Å². The van der Waals surface area contributed by atoms with Crippen LogP contribution in [0.25, 0.3) is 28.6 Å². The molecule has 2 aromatic carbocycles. The summed E-state index contributed by atoms with van der Waals surface area (Å²) in [6, 6.07) is 9.97. The van der Waals surface area contributed by atoms with Crippen LogP contribution < -0.4 is 4.74 Å². The zero-order chi connectivity index (χ0) is 26.5. The molecule has 6 heteroatoms. The fourth-order valence-corrected chi connectivity index (χ4v) is 3.85. The van der Waals surface area contributed by atoms with Crippen molar-refractivity contribution >= 4 is 6.08 Å². The van der Waals surface area contributed by atoms with Crippen LogP contribution >= 0.6 is 0 Å². The third-order valence-electron chi connectivity index (χ3n) is 5.97. The summed E-state index contributed by atoms with van der Waals surface area (Å²) in [6.07, 6.45) is 16.2. The average Bonchev–Trinajstić information content (AvgIpc) is 2.92. The maximum atomic E-state index is 14.6. The molecule has 196 valence electrons. The van der Waals surface area contributed by atoms with Gasteiger partial charge in [-0.2, -0.15) is 4.39 Å². The zero-order valence-corrected chi connectivity index (χ0v) is 21.8. The summed E-state index contributed by atoms with van der Waals surface area (Å²) in [5.41, 5.74) is 2.43. The highest BCUT2D eigenvalue weighted by molar-refractivity contribution is 5.69. The van der Waals surface area contributed by atoms with Crippen molar-refractivity contribution in [2.45, 2.75) is 58.5 Å². The molecule has 1 atom stereocenters. The number of unbranched alkanes of at least 4 members (excludes halogenated alkanes) is 3. The van der Waals surface area contributed by atoms with Crippen molar-refractivity contribution in [3.05, 3.63) is 84.7 Å². The molecular formula is C31H36F2N2O2. The maximum absolute atomic E-state index is 14.6. The topological polar surface area (TPSA) is 44.2 Å². The number of hydrogen-bond donors (Lipinski definition) is 0. The van der Waals surface area contributed by atoms with Gasteiger partial charge in [-0.1, -0.05) is 68.8 Å². The second-order valence-electron chi connectivity index (χ2n) is 8.98. The van der Waals surface area contributed by atoms with Crippen LogP contribution in [0.2, 0.25) is 0 Å². The molecule has 0 N–H and O–H groups in total. The highest BCUT2D eigenvalue weighted by Crippen LogP contribution is 2.31. The van der Waals surface area contributed by atoms with Gasteiger partial charge in [-0.15, -0.1) is 0 Å². The Kier molecular flexibility index (Phi) is 11.4.